The smallest absolute Gasteiger partial charge is 0.371 e. The second kappa shape index (κ2) is 7.37. The van der Waals surface area contributed by atoms with Gasteiger partial charge in [0, 0.05) is 24.2 Å². The summed E-state index contributed by atoms with van der Waals surface area (Å²) < 4.78 is 40.0. The Bertz CT molecular complexity index is 492. The van der Waals surface area contributed by atoms with Crippen LogP contribution in [-0.2, 0) is 4.74 Å². The first-order valence-electron chi connectivity index (χ1n) is 6.33. The molecule has 0 aliphatic carbocycles. The number of halogens is 3. The Hall–Kier alpha value is -1.67. The van der Waals surface area contributed by atoms with Crippen LogP contribution in [0.25, 0.3) is 0 Å². The molecule has 1 aromatic rings. The van der Waals surface area contributed by atoms with Gasteiger partial charge >= 0.3 is 6.18 Å². The lowest BCUT2D eigenvalue weighted by molar-refractivity contribution is -0.385. The number of aryl methyl sites for hydroxylation is 1. The molecular formula is C13H17F3N2O3. The summed E-state index contributed by atoms with van der Waals surface area (Å²) in [5, 5.41) is 13.8. The van der Waals surface area contributed by atoms with Gasteiger partial charge in [-0.25, -0.2) is 0 Å². The fourth-order valence-corrected chi connectivity index (χ4v) is 1.75. The van der Waals surface area contributed by atoms with Crippen molar-refractivity contribution in [2.45, 2.75) is 26.1 Å². The minimum absolute atomic E-state index is 0.0227. The normalized spacial score (nSPS) is 13.2. The maximum atomic E-state index is 11.9. The predicted octanol–water partition coefficient (Wildman–Crippen LogP) is 3.13. The topological polar surface area (TPSA) is 64.4 Å². The zero-order chi connectivity index (χ0) is 16.0. The Labute approximate surface area is 120 Å². The Balaban J connectivity index is 2.47. The van der Waals surface area contributed by atoms with E-state index in [2.05, 4.69) is 10.1 Å². The van der Waals surface area contributed by atoms with Gasteiger partial charge in [0.25, 0.3) is 5.69 Å². The summed E-state index contributed by atoms with van der Waals surface area (Å²) in [6.07, 6.45) is -4.33. The molecule has 0 saturated heterocycles. The third-order valence-electron chi connectivity index (χ3n) is 2.89. The number of hydrogen-bond donors (Lipinski definition) is 1. The van der Waals surface area contributed by atoms with Gasteiger partial charge in [0.1, 0.15) is 6.61 Å². The van der Waals surface area contributed by atoms with Crippen molar-refractivity contribution in [3.05, 3.63) is 39.4 Å². The van der Waals surface area contributed by atoms with Crippen molar-refractivity contribution < 1.29 is 22.8 Å². The third kappa shape index (κ3) is 6.09. The molecule has 1 N–H and O–H groups in total. The van der Waals surface area contributed by atoms with E-state index in [1.165, 1.54) is 6.07 Å². The van der Waals surface area contributed by atoms with Gasteiger partial charge in [0.15, 0.2) is 0 Å². The fourth-order valence-electron chi connectivity index (χ4n) is 1.75. The Morgan fingerprint density at radius 3 is 2.67 bits per heavy atom. The molecule has 0 amide bonds. The minimum Gasteiger partial charge on any atom is -0.371 e. The van der Waals surface area contributed by atoms with Crippen LogP contribution in [0.15, 0.2) is 18.2 Å². The van der Waals surface area contributed by atoms with Crippen molar-refractivity contribution >= 4 is 5.69 Å². The van der Waals surface area contributed by atoms with E-state index in [4.69, 9.17) is 0 Å². The summed E-state index contributed by atoms with van der Waals surface area (Å²) in [7, 11) is 0. The zero-order valence-electron chi connectivity index (χ0n) is 11.7. The molecule has 0 aromatic heterocycles. The van der Waals surface area contributed by atoms with Crippen LogP contribution in [0.3, 0.4) is 0 Å². The molecule has 0 aliphatic rings. The lowest BCUT2D eigenvalue weighted by atomic mass is 10.0. The molecule has 5 nitrogen and oxygen atoms in total. The first kappa shape index (κ1) is 17.4. The molecule has 1 aromatic carbocycles. The second-order valence-electron chi connectivity index (χ2n) is 4.65. The average molecular weight is 306 g/mol. The number of hydrogen-bond acceptors (Lipinski definition) is 4. The van der Waals surface area contributed by atoms with Crippen LogP contribution in [0.1, 0.15) is 24.1 Å². The fraction of sp³-hybridized carbons (Fsp3) is 0.538. The number of benzene rings is 1. The van der Waals surface area contributed by atoms with Gasteiger partial charge in [0.2, 0.25) is 0 Å². The van der Waals surface area contributed by atoms with Gasteiger partial charge in [-0.1, -0.05) is 12.1 Å². The van der Waals surface area contributed by atoms with Crippen LogP contribution in [0.4, 0.5) is 18.9 Å². The summed E-state index contributed by atoms with van der Waals surface area (Å²) in [5.74, 6) is 0. The maximum Gasteiger partial charge on any atom is 0.411 e. The molecule has 8 heteroatoms. The molecule has 1 atom stereocenters. The van der Waals surface area contributed by atoms with Crippen LogP contribution < -0.4 is 5.32 Å². The van der Waals surface area contributed by atoms with Crippen molar-refractivity contribution in [1.29, 1.82) is 0 Å². The highest BCUT2D eigenvalue weighted by molar-refractivity contribution is 5.43. The van der Waals surface area contributed by atoms with E-state index in [1.54, 1.807) is 26.0 Å². The summed E-state index contributed by atoms with van der Waals surface area (Å²) in [6.45, 7) is 2.28. The van der Waals surface area contributed by atoms with E-state index in [0.717, 1.165) is 0 Å². The number of ether oxygens (including phenoxy) is 1. The quantitative estimate of drug-likeness (QED) is 0.477. The molecule has 0 saturated carbocycles. The van der Waals surface area contributed by atoms with Crippen LogP contribution >= 0.6 is 0 Å². The summed E-state index contributed by atoms with van der Waals surface area (Å²) in [5.41, 5.74) is 1.28. The molecular weight excluding hydrogens is 289 g/mol. The monoisotopic (exact) mass is 306 g/mol. The van der Waals surface area contributed by atoms with Gasteiger partial charge in [-0.05, 0) is 19.4 Å². The summed E-state index contributed by atoms with van der Waals surface area (Å²) in [6, 6.07) is 4.63. The molecule has 1 unspecified atom stereocenters. The van der Waals surface area contributed by atoms with E-state index >= 15 is 0 Å². The standard InChI is InChI=1S/C13H17F3N2O3/c1-9-3-4-11(7-12(9)18(19)20)10(2)17-5-6-21-8-13(14,15)16/h3-4,7,10,17H,5-6,8H2,1-2H3. The van der Waals surface area contributed by atoms with Crippen molar-refractivity contribution in [3.63, 3.8) is 0 Å². The van der Waals surface area contributed by atoms with Crippen molar-refractivity contribution in [2.24, 2.45) is 0 Å². The molecule has 1 rings (SSSR count). The summed E-state index contributed by atoms with van der Waals surface area (Å²) in [4.78, 5) is 10.4. The molecule has 0 aliphatic heterocycles. The molecule has 0 bridgehead atoms. The molecule has 0 fully saturated rings. The van der Waals surface area contributed by atoms with Crippen LogP contribution in [0, 0.1) is 17.0 Å². The predicted molar refractivity (Wildman–Crippen MR) is 71.1 cm³/mol. The van der Waals surface area contributed by atoms with Gasteiger partial charge in [0.05, 0.1) is 11.5 Å². The number of nitrogens with zero attached hydrogens (tertiary/aromatic N) is 1. The minimum atomic E-state index is -4.33. The zero-order valence-corrected chi connectivity index (χ0v) is 11.7. The molecule has 0 heterocycles. The number of nitrogens with one attached hydrogen (secondary N) is 1. The molecule has 118 valence electrons. The molecule has 0 spiro atoms. The number of nitro groups is 1. The highest BCUT2D eigenvalue weighted by atomic mass is 19.4. The Kier molecular flexibility index (Phi) is 6.10. The highest BCUT2D eigenvalue weighted by Gasteiger charge is 2.27. The van der Waals surface area contributed by atoms with Crippen molar-refractivity contribution in [3.8, 4) is 0 Å². The van der Waals surface area contributed by atoms with Crippen molar-refractivity contribution in [1.82, 2.24) is 5.32 Å². The molecule has 21 heavy (non-hydrogen) atoms. The van der Waals surface area contributed by atoms with E-state index in [9.17, 15) is 23.3 Å². The number of nitro benzene ring substituents is 1. The van der Waals surface area contributed by atoms with Gasteiger partial charge in [-0.15, -0.1) is 0 Å². The third-order valence-corrected chi connectivity index (χ3v) is 2.89. The second-order valence-corrected chi connectivity index (χ2v) is 4.65. The average Bonchev–Trinajstić information content (AvgIpc) is 2.36. The first-order chi connectivity index (χ1) is 9.70. The van der Waals surface area contributed by atoms with E-state index in [-0.39, 0.29) is 24.9 Å². The summed E-state index contributed by atoms with van der Waals surface area (Å²) >= 11 is 0. The van der Waals surface area contributed by atoms with Crippen LogP contribution in [-0.4, -0.2) is 30.9 Å². The van der Waals surface area contributed by atoms with Crippen LogP contribution in [0.2, 0.25) is 0 Å². The van der Waals surface area contributed by atoms with E-state index < -0.39 is 17.7 Å². The number of rotatable bonds is 7. The highest BCUT2D eigenvalue weighted by Crippen LogP contribution is 2.23. The van der Waals surface area contributed by atoms with Gasteiger partial charge in [-0.3, -0.25) is 10.1 Å². The van der Waals surface area contributed by atoms with Crippen LogP contribution in [0.5, 0.6) is 0 Å². The molecule has 0 radical (unpaired) electrons. The maximum absolute atomic E-state index is 11.9. The SMILES string of the molecule is Cc1ccc(C(C)NCCOCC(F)(F)F)cc1[N+](=O)[O-]. The Morgan fingerprint density at radius 1 is 1.43 bits per heavy atom. The lowest BCUT2D eigenvalue weighted by Crippen LogP contribution is -2.26. The van der Waals surface area contributed by atoms with E-state index in [0.29, 0.717) is 11.1 Å². The van der Waals surface area contributed by atoms with Gasteiger partial charge < -0.3 is 10.1 Å². The van der Waals surface area contributed by atoms with Crippen molar-refractivity contribution in [2.75, 3.05) is 19.8 Å². The van der Waals surface area contributed by atoms with Gasteiger partial charge in [-0.2, -0.15) is 13.2 Å². The van der Waals surface area contributed by atoms with E-state index in [1.807, 2.05) is 0 Å². The lowest BCUT2D eigenvalue weighted by Gasteiger charge is -2.15. The first-order valence-corrected chi connectivity index (χ1v) is 6.33. The number of alkyl halides is 3. The largest absolute Gasteiger partial charge is 0.411 e. The Morgan fingerprint density at radius 2 is 2.10 bits per heavy atom.